The number of carbonyl (C=O) groups is 2. The molecule has 2 rings (SSSR count). The Morgan fingerprint density at radius 3 is 2.28 bits per heavy atom. The molecule has 0 heterocycles. The fraction of sp³-hybridized carbons (Fsp3) is 0.500. The highest BCUT2D eigenvalue weighted by atomic mass is 32.2. The van der Waals surface area contributed by atoms with E-state index >= 15 is 0 Å². The van der Waals surface area contributed by atoms with Crippen LogP contribution in [0.5, 0.6) is 5.75 Å². The standard InChI is InChI=1S/C28H40N2O8S/c1-5-6-10-17-30(39(34,35)24-15-13-23(36-3)14-16-24)20-26(31)25(19-22-11-8-7-9-12-22)29-28(33)38-21(2)18-27(32)37-4/h7-9,11-16,21,25-26,31H,5-6,10,17-20H2,1-4H3,(H,29,33)/t21-,25?,26+/m0/s1. The minimum absolute atomic E-state index is 0.0793. The van der Waals surface area contributed by atoms with E-state index in [1.165, 1.54) is 30.7 Å². The van der Waals surface area contributed by atoms with Gasteiger partial charge in [0, 0.05) is 13.1 Å². The van der Waals surface area contributed by atoms with E-state index in [0.717, 1.165) is 18.4 Å². The maximum atomic E-state index is 13.6. The molecule has 0 spiro atoms. The smallest absolute Gasteiger partial charge is 0.407 e. The van der Waals surface area contributed by atoms with Gasteiger partial charge in [0.05, 0.1) is 37.7 Å². The number of rotatable bonds is 16. The molecular formula is C28H40N2O8S. The van der Waals surface area contributed by atoms with Crippen molar-refractivity contribution in [2.24, 2.45) is 0 Å². The molecule has 1 unspecified atom stereocenters. The third-order valence-corrected chi connectivity index (χ3v) is 8.03. The van der Waals surface area contributed by atoms with Crippen LogP contribution in [0.3, 0.4) is 0 Å². The van der Waals surface area contributed by atoms with E-state index < -0.39 is 40.3 Å². The van der Waals surface area contributed by atoms with Crippen LogP contribution in [0, 0.1) is 0 Å². The number of unbranched alkanes of at least 4 members (excludes halogenated alkanes) is 2. The van der Waals surface area contributed by atoms with E-state index in [-0.39, 0.29) is 30.8 Å². The highest BCUT2D eigenvalue weighted by Gasteiger charge is 2.31. The fourth-order valence-electron chi connectivity index (χ4n) is 3.96. The third-order valence-electron chi connectivity index (χ3n) is 6.16. The molecular weight excluding hydrogens is 524 g/mol. The summed E-state index contributed by atoms with van der Waals surface area (Å²) in [6.07, 6.45) is -0.413. The first kappa shape index (κ1) is 32.1. The monoisotopic (exact) mass is 564 g/mol. The normalized spacial score (nSPS) is 13.8. The molecule has 10 nitrogen and oxygen atoms in total. The van der Waals surface area contributed by atoms with Crippen LogP contribution in [0.15, 0.2) is 59.5 Å². The van der Waals surface area contributed by atoms with Gasteiger partial charge < -0.3 is 24.6 Å². The van der Waals surface area contributed by atoms with Gasteiger partial charge >= 0.3 is 12.1 Å². The lowest BCUT2D eigenvalue weighted by Crippen LogP contribution is -2.51. The summed E-state index contributed by atoms with van der Waals surface area (Å²) in [5.74, 6) is 0.00112. The first-order valence-corrected chi connectivity index (χ1v) is 14.4. The molecule has 0 saturated carbocycles. The molecule has 2 aromatic rings. The Bertz CT molecular complexity index is 1130. The number of benzene rings is 2. The van der Waals surface area contributed by atoms with Crippen LogP contribution in [-0.4, -0.2) is 75.5 Å². The summed E-state index contributed by atoms with van der Waals surface area (Å²) in [6, 6.07) is 14.4. The SMILES string of the molecule is CCCCCN(C[C@@H](O)C(Cc1ccccc1)NC(=O)O[C@@H](C)CC(=O)OC)S(=O)(=O)c1ccc(OC)cc1. The number of ether oxygens (including phenoxy) is 3. The average molecular weight is 565 g/mol. The van der Waals surface area contributed by atoms with E-state index in [0.29, 0.717) is 12.2 Å². The van der Waals surface area contributed by atoms with Gasteiger partial charge in [0.25, 0.3) is 0 Å². The second kappa shape index (κ2) is 16.1. The maximum absolute atomic E-state index is 13.6. The summed E-state index contributed by atoms with van der Waals surface area (Å²) >= 11 is 0. The number of amides is 1. The molecule has 1 amide bonds. The number of aliphatic hydroxyl groups excluding tert-OH is 1. The summed E-state index contributed by atoms with van der Waals surface area (Å²) in [7, 11) is -1.21. The predicted octanol–water partition coefficient (Wildman–Crippen LogP) is 3.53. The number of alkyl carbamates (subject to hydrolysis) is 1. The molecule has 0 aliphatic heterocycles. The minimum Gasteiger partial charge on any atom is -0.497 e. The van der Waals surface area contributed by atoms with Crippen molar-refractivity contribution in [2.45, 2.75) is 69.1 Å². The molecule has 0 bridgehead atoms. The van der Waals surface area contributed by atoms with Crippen LogP contribution in [0.4, 0.5) is 4.79 Å². The first-order valence-electron chi connectivity index (χ1n) is 13.0. The second-order valence-corrected chi connectivity index (χ2v) is 11.2. The number of aliphatic hydroxyl groups is 1. The molecule has 0 fully saturated rings. The number of methoxy groups -OCH3 is 2. The van der Waals surface area contributed by atoms with Crippen LogP contribution in [-0.2, 0) is 30.7 Å². The van der Waals surface area contributed by atoms with Gasteiger partial charge in [-0.05, 0) is 49.6 Å². The van der Waals surface area contributed by atoms with Crippen molar-refractivity contribution in [3.8, 4) is 5.75 Å². The molecule has 0 radical (unpaired) electrons. The van der Waals surface area contributed by atoms with Crippen LogP contribution in [0.1, 0.15) is 45.1 Å². The van der Waals surface area contributed by atoms with E-state index in [1.54, 1.807) is 19.1 Å². The molecule has 2 N–H and O–H groups in total. The van der Waals surface area contributed by atoms with Crippen molar-refractivity contribution in [1.29, 1.82) is 0 Å². The third kappa shape index (κ3) is 10.5. The molecule has 11 heteroatoms. The lowest BCUT2D eigenvalue weighted by atomic mass is 10.0. The highest BCUT2D eigenvalue weighted by molar-refractivity contribution is 7.89. The summed E-state index contributed by atoms with van der Waals surface area (Å²) in [4.78, 5) is 24.3. The zero-order valence-electron chi connectivity index (χ0n) is 23.0. The zero-order chi connectivity index (χ0) is 28.8. The Kier molecular flexibility index (Phi) is 13.2. The molecule has 0 aliphatic carbocycles. The Hall–Kier alpha value is -3.15. The highest BCUT2D eigenvalue weighted by Crippen LogP contribution is 2.21. The van der Waals surface area contributed by atoms with Gasteiger partial charge in [-0.15, -0.1) is 0 Å². The van der Waals surface area contributed by atoms with Crippen LogP contribution in [0.25, 0.3) is 0 Å². The summed E-state index contributed by atoms with van der Waals surface area (Å²) in [5.41, 5.74) is 0.833. The number of esters is 1. The van der Waals surface area contributed by atoms with E-state index in [9.17, 15) is 23.1 Å². The number of sulfonamides is 1. The molecule has 2 aromatic carbocycles. The second-order valence-electron chi connectivity index (χ2n) is 9.25. The molecule has 0 aromatic heterocycles. The Balaban J connectivity index is 2.26. The Labute approximate surface area is 231 Å². The Morgan fingerprint density at radius 1 is 1.03 bits per heavy atom. The van der Waals surface area contributed by atoms with Crippen LogP contribution < -0.4 is 10.1 Å². The average Bonchev–Trinajstić information content (AvgIpc) is 2.92. The number of hydrogen-bond donors (Lipinski definition) is 2. The topological polar surface area (TPSA) is 131 Å². The van der Waals surface area contributed by atoms with Crippen molar-refractivity contribution in [3.05, 3.63) is 60.2 Å². The van der Waals surface area contributed by atoms with Gasteiger partial charge in [0.1, 0.15) is 11.9 Å². The summed E-state index contributed by atoms with van der Waals surface area (Å²) in [5, 5.41) is 14.0. The maximum Gasteiger partial charge on any atom is 0.407 e. The first-order chi connectivity index (χ1) is 18.6. The van der Waals surface area contributed by atoms with Gasteiger partial charge in [-0.3, -0.25) is 4.79 Å². The zero-order valence-corrected chi connectivity index (χ0v) is 23.9. The van der Waals surface area contributed by atoms with Crippen molar-refractivity contribution in [3.63, 3.8) is 0 Å². The molecule has 0 aliphatic rings. The van der Waals surface area contributed by atoms with Crippen molar-refractivity contribution < 1.29 is 37.3 Å². The van der Waals surface area contributed by atoms with E-state index in [1.807, 2.05) is 37.3 Å². The van der Waals surface area contributed by atoms with E-state index in [4.69, 9.17) is 9.47 Å². The lowest BCUT2D eigenvalue weighted by Gasteiger charge is -2.30. The van der Waals surface area contributed by atoms with Gasteiger partial charge in [-0.25, -0.2) is 13.2 Å². The molecule has 216 valence electrons. The van der Waals surface area contributed by atoms with Gasteiger partial charge in [-0.2, -0.15) is 4.31 Å². The van der Waals surface area contributed by atoms with Crippen molar-refractivity contribution >= 4 is 22.1 Å². The molecule has 3 atom stereocenters. The van der Waals surface area contributed by atoms with Crippen LogP contribution >= 0.6 is 0 Å². The van der Waals surface area contributed by atoms with E-state index in [2.05, 4.69) is 10.1 Å². The number of nitrogens with one attached hydrogen (secondary N) is 1. The van der Waals surface area contributed by atoms with Crippen molar-refractivity contribution in [2.75, 3.05) is 27.3 Å². The van der Waals surface area contributed by atoms with Crippen molar-refractivity contribution in [1.82, 2.24) is 9.62 Å². The largest absolute Gasteiger partial charge is 0.497 e. The minimum atomic E-state index is -3.95. The predicted molar refractivity (Wildman–Crippen MR) is 147 cm³/mol. The fourth-order valence-corrected chi connectivity index (χ4v) is 5.46. The number of nitrogens with zero attached hydrogens (tertiary/aromatic N) is 1. The summed E-state index contributed by atoms with van der Waals surface area (Å²) < 4.78 is 43.4. The lowest BCUT2D eigenvalue weighted by molar-refractivity contribution is -0.142. The van der Waals surface area contributed by atoms with Gasteiger partial charge in [0.2, 0.25) is 10.0 Å². The molecule has 0 saturated heterocycles. The van der Waals surface area contributed by atoms with Gasteiger partial charge in [-0.1, -0.05) is 50.1 Å². The number of hydrogen-bond acceptors (Lipinski definition) is 8. The Morgan fingerprint density at radius 2 is 1.69 bits per heavy atom. The van der Waals surface area contributed by atoms with Crippen LogP contribution in [0.2, 0.25) is 0 Å². The van der Waals surface area contributed by atoms with Gasteiger partial charge in [0.15, 0.2) is 0 Å². The summed E-state index contributed by atoms with van der Waals surface area (Å²) in [6.45, 7) is 3.53. The quantitative estimate of drug-likeness (QED) is 0.234. The number of carbonyl (C=O) groups excluding carboxylic acids is 2. The molecule has 39 heavy (non-hydrogen) atoms.